The molecule has 4 N–H and O–H groups in total. The summed E-state index contributed by atoms with van der Waals surface area (Å²) in [6.45, 7) is 3.53. The summed E-state index contributed by atoms with van der Waals surface area (Å²) in [5, 5.41) is 21.8. The number of hydrogen-bond acceptors (Lipinski definition) is 6. The maximum Gasteiger partial charge on any atom is 0.190 e. The smallest absolute Gasteiger partial charge is 0.190 e. The van der Waals surface area contributed by atoms with E-state index in [-0.39, 0.29) is 0 Å². The van der Waals surface area contributed by atoms with Crippen molar-refractivity contribution in [1.29, 1.82) is 5.26 Å². The molecule has 0 unspecified atom stereocenters. The summed E-state index contributed by atoms with van der Waals surface area (Å²) in [4.78, 5) is 9.84. The molecule has 30 heavy (non-hydrogen) atoms. The Bertz CT molecular complexity index is 1030. The number of anilines is 1. The minimum atomic E-state index is 0.376. The van der Waals surface area contributed by atoms with Crippen molar-refractivity contribution in [3.63, 3.8) is 0 Å². The van der Waals surface area contributed by atoms with Crippen LogP contribution in [0.2, 0.25) is 0 Å². The largest absolute Gasteiger partial charge is 0.382 e. The molecule has 3 rings (SSSR count). The van der Waals surface area contributed by atoms with Gasteiger partial charge in [0.15, 0.2) is 5.96 Å². The van der Waals surface area contributed by atoms with Crippen LogP contribution in [0.5, 0.6) is 0 Å². The van der Waals surface area contributed by atoms with Crippen LogP contribution in [-0.2, 0) is 12.8 Å². The maximum absolute atomic E-state index is 9.50. The number of nitriles is 1. The molecule has 0 atom stereocenters. The summed E-state index contributed by atoms with van der Waals surface area (Å²) >= 11 is 1.71. The summed E-state index contributed by atoms with van der Waals surface area (Å²) in [6.07, 6.45) is 4.21. The lowest BCUT2D eigenvalue weighted by Gasteiger charge is -2.11. The number of aliphatic imine (C=N–C) groups is 1. The highest BCUT2D eigenvalue weighted by atomic mass is 32.1. The van der Waals surface area contributed by atoms with Crippen LogP contribution in [0.3, 0.4) is 0 Å². The van der Waals surface area contributed by atoms with Gasteiger partial charge in [-0.2, -0.15) is 10.4 Å². The number of aryl methyl sites for hydroxylation is 2. The Morgan fingerprint density at radius 1 is 1.23 bits per heavy atom. The number of guanidine groups is 1. The average Bonchev–Trinajstić information content (AvgIpc) is 3.32. The van der Waals surface area contributed by atoms with Crippen LogP contribution in [0.1, 0.15) is 27.6 Å². The van der Waals surface area contributed by atoms with Crippen LogP contribution in [0, 0.1) is 18.3 Å². The first-order valence-electron chi connectivity index (χ1n) is 9.81. The molecule has 2 aromatic heterocycles. The Kier molecular flexibility index (Phi) is 7.40. The summed E-state index contributed by atoms with van der Waals surface area (Å²) in [7, 11) is 1.75. The molecule has 1 aromatic carbocycles. The van der Waals surface area contributed by atoms with E-state index in [1.165, 1.54) is 4.88 Å². The Morgan fingerprint density at radius 3 is 2.67 bits per heavy atom. The van der Waals surface area contributed by atoms with Crippen LogP contribution in [-0.4, -0.2) is 40.9 Å². The van der Waals surface area contributed by atoms with E-state index in [9.17, 15) is 5.26 Å². The molecular weight excluding hydrogens is 396 g/mol. The Morgan fingerprint density at radius 2 is 2.00 bits per heavy atom. The molecule has 156 valence electrons. The van der Waals surface area contributed by atoms with Crippen LogP contribution in [0.4, 0.5) is 5.82 Å². The number of thiazole rings is 1. The van der Waals surface area contributed by atoms with E-state index in [4.69, 9.17) is 5.73 Å². The zero-order chi connectivity index (χ0) is 21.3. The van der Waals surface area contributed by atoms with Gasteiger partial charge in [-0.15, -0.1) is 11.3 Å². The first kappa shape index (κ1) is 21.3. The maximum atomic E-state index is 9.50. The fraction of sp³-hybridized carbons (Fsp3) is 0.333. The number of nitrogens with two attached hydrogens (primary N) is 1. The average molecular weight is 423 g/mol. The third kappa shape index (κ3) is 5.36. The highest BCUT2D eigenvalue weighted by molar-refractivity contribution is 7.11. The van der Waals surface area contributed by atoms with Gasteiger partial charge in [0.25, 0.3) is 0 Å². The fourth-order valence-electron chi connectivity index (χ4n) is 3.03. The predicted molar refractivity (Wildman–Crippen MR) is 121 cm³/mol. The third-order valence-electron chi connectivity index (χ3n) is 4.51. The van der Waals surface area contributed by atoms with Crippen molar-refractivity contribution in [2.45, 2.75) is 26.2 Å². The van der Waals surface area contributed by atoms with Crippen LogP contribution in [0.15, 0.2) is 41.5 Å². The number of aromatic nitrogens is 3. The van der Waals surface area contributed by atoms with E-state index in [1.807, 2.05) is 36.5 Å². The molecule has 0 spiro atoms. The molecule has 3 aromatic rings. The monoisotopic (exact) mass is 422 g/mol. The lowest BCUT2D eigenvalue weighted by atomic mass is 10.1. The zero-order valence-electron chi connectivity index (χ0n) is 17.2. The van der Waals surface area contributed by atoms with Gasteiger partial charge in [-0.1, -0.05) is 18.2 Å². The summed E-state index contributed by atoms with van der Waals surface area (Å²) < 4.78 is 1.63. The minimum absolute atomic E-state index is 0.376. The molecule has 0 saturated carbocycles. The molecule has 8 nitrogen and oxygen atoms in total. The zero-order valence-corrected chi connectivity index (χ0v) is 18.0. The second-order valence-electron chi connectivity index (χ2n) is 6.71. The van der Waals surface area contributed by atoms with E-state index in [1.54, 1.807) is 23.1 Å². The number of nitrogen functional groups attached to an aromatic ring is 1. The number of nitrogens with one attached hydrogen (secondary N) is 2. The number of hydrogen-bond donors (Lipinski definition) is 3. The standard InChI is InChI=1S/C21H26N8S/c1-15-14-27-19(30-15)10-12-26-21(24-2)25-11-6-9-18-17(13-22)20(23)29(28-18)16-7-4-3-5-8-16/h3-5,7-8,14H,6,9-12,23H2,1-2H3,(H2,24,25,26). The van der Waals surface area contributed by atoms with Crippen molar-refractivity contribution in [2.24, 2.45) is 4.99 Å². The Hall–Kier alpha value is -3.38. The molecule has 0 bridgehead atoms. The highest BCUT2D eigenvalue weighted by Gasteiger charge is 2.16. The summed E-state index contributed by atoms with van der Waals surface area (Å²) in [6, 6.07) is 11.8. The van der Waals surface area contributed by atoms with Gasteiger partial charge in [-0.3, -0.25) is 4.99 Å². The quantitative estimate of drug-likeness (QED) is 0.292. The molecule has 0 fully saturated rings. The number of nitrogens with zero attached hydrogens (tertiary/aromatic N) is 5. The van der Waals surface area contributed by atoms with Crippen molar-refractivity contribution in [2.75, 3.05) is 25.9 Å². The molecule has 0 aliphatic heterocycles. The van der Waals surface area contributed by atoms with E-state index >= 15 is 0 Å². The molecule has 0 radical (unpaired) electrons. The van der Waals surface area contributed by atoms with Gasteiger partial charge >= 0.3 is 0 Å². The SMILES string of the molecule is CN=C(NCCCc1nn(-c2ccccc2)c(N)c1C#N)NCCc1ncc(C)s1. The second-order valence-corrected chi connectivity index (χ2v) is 8.03. The molecule has 9 heteroatoms. The van der Waals surface area contributed by atoms with Gasteiger partial charge in [0.05, 0.1) is 16.4 Å². The van der Waals surface area contributed by atoms with Crippen molar-refractivity contribution >= 4 is 23.1 Å². The first-order valence-corrected chi connectivity index (χ1v) is 10.6. The third-order valence-corrected chi connectivity index (χ3v) is 5.49. The van der Waals surface area contributed by atoms with Gasteiger partial charge in [-0.05, 0) is 31.9 Å². The van der Waals surface area contributed by atoms with Crippen molar-refractivity contribution in [3.05, 3.63) is 57.7 Å². The van der Waals surface area contributed by atoms with E-state index in [2.05, 4.69) is 38.7 Å². The topological polar surface area (TPSA) is 117 Å². The van der Waals surface area contributed by atoms with Crippen LogP contribution >= 0.6 is 11.3 Å². The lowest BCUT2D eigenvalue weighted by Crippen LogP contribution is -2.38. The molecule has 0 saturated heterocycles. The van der Waals surface area contributed by atoms with Crippen LogP contribution < -0.4 is 16.4 Å². The molecule has 0 aliphatic rings. The lowest BCUT2D eigenvalue weighted by molar-refractivity contribution is 0.720. The van der Waals surface area contributed by atoms with Gasteiger partial charge in [0.1, 0.15) is 17.5 Å². The molecule has 0 aliphatic carbocycles. The number of para-hydroxylation sites is 1. The van der Waals surface area contributed by atoms with Crippen molar-refractivity contribution in [3.8, 4) is 11.8 Å². The van der Waals surface area contributed by atoms with Gasteiger partial charge in [0.2, 0.25) is 0 Å². The molecule has 0 amide bonds. The molecule has 2 heterocycles. The Balaban J connectivity index is 1.49. The summed E-state index contributed by atoms with van der Waals surface area (Å²) in [5.74, 6) is 1.12. The highest BCUT2D eigenvalue weighted by Crippen LogP contribution is 2.21. The minimum Gasteiger partial charge on any atom is -0.382 e. The van der Waals surface area contributed by atoms with Crippen LogP contribution in [0.25, 0.3) is 5.69 Å². The van der Waals surface area contributed by atoms with Crippen molar-refractivity contribution in [1.82, 2.24) is 25.4 Å². The second kappa shape index (κ2) is 10.4. The van der Waals surface area contributed by atoms with E-state index in [0.717, 1.165) is 36.0 Å². The fourth-order valence-corrected chi connectivity index (χ4v) is 3.82. The Labute approximate surface area is 180 Å². The van der Waals surface area contributed by atoms with Gasteiger partial charge in [0, 0.05) is 37.6 Å². The first-order chi connectivity index (χ1) is 14.6. The van der Waals surface area contributed by atoms with E-state index in [0.29, 0.717) is 30.0 Å². The summed E-state index contributed by atoms with van der Waals surface area (Å²) in [5.41, 5.74) is 8.15. The van der Waals surface area contributed by atoms with Crippen molar-refractivity contribution < 1.29 is 0 Å². The number of benzene rings is 1. The number of rotatable bonds is 8. The van der Waals surface area contributed by atoms with Gasteiger partial charge < -0.3 is 16.4 Å². The molecular formula is C21H26N8S. The van der Waals surface area contributed by atoms with E-state index < -0.39 is 0 Å². The van der Waals surface area contributed by atoms with Gasteiger partial charge in [-0.25, -0.2) is 9.67 Å². The normalized spacial score (nSPS) is 11.3. The predicted octanol–water partition coefficient (Wildman–Crippen LogP) is 2.43.